The summed E-state index contributed by atoms with van der Waals surface area (Å²) in [6.45, 7) is 3.14. The minimum atomic E-state index is -0.956. The summed E-state index contributed by atoms with van der Waals surface area (Å²) >= 11 is 0. The smallest absolute Gasteiger partial charge is 0.308 e. The molecule has 98 valence electrons. The summed E-state index contributed by atoms with van der Waals surface area (Å²) in [6.07, 6.45) is 2.90. The van der Waals surface area contributed by atoms with E-state index in [0.29, 0.717) is 5.88 Å². The van der Waals surface area contributed by atoms with Gasteiger partial charge in [0.2, 0.25) is 5.88 Å². The second kappa shape index (κ2) is 6.53. The first kappa shape index (κ1) is 13.9. The predicted octanol–water partition coefficient (Wildman–Crippen LogP) is 0.000720. The van der Waals surface area contributed by atoms with E-state index < -0.39 is 11.9 Å². The van der Waals surface area contributed by atoms with Crippen LogP contribution in [-0.4, -0.2) is 40.1 Å². The number of carboxylic acid groups (broad SMARTS) is 1. The molecule has 0 spiro atoms. The highest BCUT2D eigenvalue weighted by molar-refractivity contribution is 5.78. The van der Waals surface area contributed by atoms with E-state index in [4.69, 9.17) is 9.84 Å². The van der Waals surface area contributed by atoms with Crippen molar-refractivity contribution in [3.8, 4) is 5.88 Å². The zero-order valence-corrected chi connectivity index (χ0v) is 10.2. The SMILES string of the molecule is Cc1cncnc1OCC(=O)NCC(C)C(=O)O. The Labute approximate surface area is 104 Å². The number of nitrogens with one attached hydrogen (secondary N) is 1. The van der Waals surface area contributed by atoms with Crippen molar-refractivity contribution >= 4 is 11.9 Å². The normalized spacial score (nSPS) is 11.7. The molecule has 7 nitrogen and oxygen atoms in total. The van der Waals surface area contributed by atoms with Crippen LogP contribution >= 0.6 is 0 Å². The molecule has 2 N–H and O–H groups in total. The topological polar surface area (TPSA) is 101 Å². The van der Waals surface area contributed by atoms with E-state index in [0.717, 1.165) is 5.56 Å². The lowest BCUT2D eigenvalue weighted by molar-refractivity contribution is -0.141. The molecule has 1 rings (SSSR count). The second-order valence-corrected chi connectivity index (χ2v) is 3.84. The predicted molar refractivity (Wildman–Crippen MR) is 62.1 cm³/mol. The number of rotatable bonds is 6. The van der Waals surface area contributed by atoms with Gasteiger partial charge >= 0.3 is 5.97 Å². The number of aryl methyl sites for hydroxylation is 1. The average Bonchev–Trinajstić information content (AvgIpc) is 2.34. The summed E-state index contributed by atoms with van der Waals surface area (Å²) in [7, 11) is 0. The number of carbonyl (C=O) groups is 2. The third-order valence-corrected chi connectivity index (χ3v) is 2.21. The van der Waals surface area contributed by atoms with Crippen molar-refractivity contribution in [2.75, 3.05) is 13.2 Å². The van der Waals surface area contributed by atoms with Crippen molar-refractivity contribution in [2.45, 2.75) is 13.8 Å². The van der Waals surface area contributed by atoms with Crippen LogP contribution in [0, 0.1) is 12.8 Å². The van der Waals surface area contributed by atoms with Crippen LogP contribution in [0.1, 0.15) is 12.5 Å². The first-order chi connectivity index (χ1) is 8.50. The lowest BCUT2D eigenvalue weighted by Gasteiger charge is -2.09. The zero-order chi connectivity index (χ0) is 13.5. The van der Waals surface area contributed by atoms with Crippen LogP contribution < -0.4 is 10.1 Å². The van der Waals surface area contributed by atoms with Gasteiger partial charge in [-0.25, -0.2) is 9.97 Å². The standard InChI is InChI=1S/C11H15N3O4/c1-7-3-12-6-14-10(7)18-5-9(15)13-4-8(2)11(16)17/h3,6,8H,4-5H2,1-2H3,(H,13,15)(H,16,17). The Balaban J connectivity index is 2.34. The van der Waals surface area contributed by atoms with Crippen LogP contribution in [-0.2, 0) is 9.59 Å². The molecule has 18 heavy (non-hydrogen) atoms. The summed E-state index contributed by atoms with van der Waals surface area (Å²) in [4.78, 5) is 29.6. The van der Waals surface area contributed by atoms with Gasteiger partial charge in [-0.15, -0.1) is 0 Å². The van der Waals surface area contributed by atoms with Gasteiger partial charge in [-0.3, -0.25) is 9.59 Å². The highest BCUT2D eigenvalue weighted by atomic mass is 16.5. The Morgan fingerprint density at radius 3 is 2.89 bits per heavy atom. The maximum absolute atomic E-state index is 11.4. The molecule has 0 aliphatic heterocycles. The fourth-order valence-electron chi connectivity index (χ4n) is 1.08. The van der Waals surface area contributed by atoms with Crippen molar-refractivity contribution < 1.29 is 19.4 Å². The number of hydrogen-bond acceptors (Lipinski definition) is 5. The lowest BCUT2D eigenvalue weighted by atomic mass is 10.2. The van der Waals surface area contributed by atoms with Crippen LogP contribution in [0.3, 0.4) is 0 Å². The third kappa shape index (κ3) is 4.36. The van der Waals surface area contributed by atoms with Crippen molar-refractivity contribution in [1.29, 1.82) is 0 Å². The molecule has 1 atom stereocenters. The summed E-state index contributed by atoms with van der Waals surface area (Å²) in [5, 5.41) is 11.1. The second-order valence-electron chi connectivity index (χ2n) is 3.84. The molecular weight excluding hydrogens is 238 g/mol. The van der Waals surface area contributed by atoms with Crippen molar-refractivity contribution in [3.63, 3.8) is 0 Å². The highest BCUT2D eigenvalue weighted by Crippen LogP contribution is 2.09. The number of aromatic nitrogens is 2. The molecule has 0 aliphatic rings. The van der Waals surface area contributed by atoms with Gasteiger partial charge in [-0.05, 0) is 6.92 Å². The van der Waals surface area contributed by atoms with E-state index in [-0.39, 0.29) is 19.1 Å². The Bertz CT molecular complexity index is 436. The Morgan fingerprint density at radius 2 is 2.28 bits per heavy atom. The van der Waals surface area contributed by atoms with Crippen molar-refractivity contribution in [2.24, 2.45) is 5.92 Å². The van der Waals surface area contributed by atoms with Crippen molar-refractivity contribution in [1.82, 2.24) is 15.3 Å². The van der Waals surface area contributed by atoms with Gasteiger partial charge in [-0.2, -0.15) is 0 Å². The summed E-state index contributed by atoms with van der Waals surface area (Å²) in [6, 6.07) is 0. The molecule has 0 saturated carbocycles. The maximum Gasteiger partial charge on any atom is 0.308 e. The van der Waals surface area contributed by atoms with Gasteiger partial charge in [0.25, 0.3) is 5.91 Å². The van der Waals surface area contributed by atoms with Gasteiger partial charge in [0, 0.05) is 18.3 Å². The molecule has 0 fully saturated rings. The Morgan fingerprint density at radius 1 is 1.56 bits per heavy atom. The first-order valence-electron chi connectivity index (χ1n) is 5.39. The molecule has 1 heterocycles. The quantitative estimate of drug-likeness (QED) is 0.740. The molecule has 1 amide bonds. The molecule has 0 radical (unpaired) electrons. The maximum atomic E-state index is 11.4. The minimum Gasteiger partial charge on any atom is -0.481 e. The van der Waals surface area contributed by atoms with Crippen LogP contribution in [0.25, 0.3) is 0 Å². The molecule has 0 bridgehead atoms. The van der Waals surface area contributed by atoms with E-state index in [9.17, 15) is 9.59 Å². The lowest BCUT2D eigenvalue weighted by Crippen LogP contribution is -2.34. The highest BCUT2D eigenvalue weighted by Gasteiger charge is 2.12. The van der Waals surface area contributed by atoms with Gasteiger partial charge < -0.3 is 15.2 Å². The summed E-state index contributed by atoms with van der Waals surface area (Å²) < 4.78 is 5.18. The number of amides is 1. The number of aliphatic carboxylic acids is 1. The fourth-order valence-corrected chi connectivity index (χ4v) is 1.08. The van der Waals surface area contributed by atoms with Crippen molar-refractivity contribution in [3.05, 3.63) is 18.1 Å². The van der Waals surface area contributed by atoms with Crippen LogP contribution in [0.5, 0.6) is 5.88 Å². The molecule has 0 aromatic carbocycles. The largest absolute Gasteiger partial charge is 0.481 e. The van der Waals surface area contributed by atoms with E-state index in [1.807, 2.05) is 0 Å². The van der Waals surface area contributed by atoms with E-state index in [1.165, 1.54) is 13.3 Å². The van der Waals surface area contributed by atoms with Gasteiger partial charge in [-0.1, -0.05) is 6.92 Å². The van der Waals surface area contributed by atoms with E-state index in [1.54, 1.807) is 13.1 Å². The van der Waals surface area contributed by atoms with Gasteiger partial charge in [0.05, 0.1) is 5.92 Å². The van der Waals surface area contributed by atoms with E-state index >= 15 is 0 Å². The average molecular weight is 253 g/mol. The molecule has 1 unspecified atom stereocenters. The molecule has 1 aromatic rings. The summed E-state index contributed by atoms with van der Waals surface area (Å²) in [5.74, 6) is -1.63. The Hall–Kier alpha value is -2.18. The molecule has 1 aromatic heterocycles. The molecule has 0 saturated heterocycles. The van der Waals surface area contributed by atoms with Gasteiger partial charge in [0.15, 0.2) is 6.61 Å². The number of carboxylic acids is 1. The minimum absolute atomic E-state index is 0.0697. The summed E-state index contributed by atoms with van der Waals surface area (Å²) in [5.41, 5.74) is 0.726. The number of ether oxygens (including phenoxy) is 1. The fraction of sp³-hybridized carbons (Fsp3) is 0.455. The van der Waals surface area contributed by atoms with Crippen LogP contribution in [0.4, 0.5) is 0 Å². The Kier molecular flexibility index (Phi) is 5.04. The number of carbonyl (C=O) groups excluding carboxylic acids is 1. The van der Waals surface area contributed by atoms with Crippen LogP contribution in [0.2, 0.25) is 0 Å². The zero-order valence-electron chi connectivity index (χ0n) is 10.2. The van der Waals surface area contributed by atoms with E-state index in [2.05, 4.69) is 15.3 Å². The first-order valence-corrected chi connectivity index (χ1v) is 5.39. The number of nitrogens with zero attached hydrogens (tertiary/aromatic N) is 2. The molecule has 7 heteroatoms. The molecule has 0 aliphatic carbocycles. The number of hydrogen-bond donors (Lipinski definition) is 2. The third-order valence-electron chi connectivity index (χ3n) is 2.21. The monoisotopic (exact) mass is 253 g/mol. The van der Waals surface area contributed by atoms with Gasteiger partial charge in [0.1, 0.15) is 6.33 Å². The molecular formula is C11H15N3O4. The van der Waals surface area contributed by atoms with Crippen LogP contribution in [0.15, 0.2) is 12.5 Å².